The molecule has 1 heteroatoms. The van der Waals surface area contributed by atoms with Crippen LogP contribution >= 0.6 is 0 Å². The fourth-order valence-corrected chi connectivity index (χ4v) is 9.89. The molecular weight excluding hydrogens is 651 g/mol. The number of para-hydroxylation sites is 1. The monoisotopic (exact) mass is 695 g/mol. The molecule has 1 fully saturated rings. The van der Waals surface area contributed by atoms with Crippen LogP contribution in [-0.2, 0) is 5.41 Å². The predicted octanol–water partition coefficient (Wildman–Crippen LogP) is 15.2. The molecule has 0 aliphatic heterocycles. The molecule has 0 amide bonds. The summed E-state index contributed by atoms with van der Waals surface area (Å²) in [6.45, 7) is 4.77. The summed E-state index contributed by atoms with van der Waals surface area (Å²) >= 11 is 0. The Morgan fingerprint density at radius 1 is 0.463 bits per heavy atom. The molecule has 2 aliphatic rings. The minimum atomic E-state index is -0.104. The molecule has 0 bridgehead atoms. The number of fused-ring (bicyclic) bond motifs is 5. The van der Waals surface area contributed by atoms with Gasteiger partial charge in [-0.15, -0.1) is 0 Å². The van der Waals surface area contributed by atoms with E-state index < -0.39 is 0 Å². The number of hydrogen-bond acceptors (Lipinski definition) is 1. The van der Waals surface area contributed by atoms with E-state index in [0.717, 1.165) is 11.4 Å². The molecule has 2 aliphatic carbocycles. The molecular formula is C53H45N. The van der Waals surface area contributed by atoms with E-state index in [4.69, 9.17) is 0 Å². The molecule has 0 heterocycles. The first-order valence-corrected chi connectivity index (χ1v) is 19.8. The zero-order valence-electron chi connectivity index (χ0n) is 31.2. The van der Waals surface area contributed by atoms with Crippen molar-refractivity contribution in [1.29, 1.82) is 0 Å². The Morgan fingerprint density at radius 2 is 1.09 bits per heavy atom. The van der Waals surface area contributed by atoms with Gasteiger partial charge in [-0.25, -0.2) is 0 Å². The van der Waals surface area contributed by atoms with Crippen molar-refractivity contribution < 1.29 is 0 Å². The SMILES string of the molecule is CC1(C)c2ccccc2-c2cccc(-c3cccc(N(c4ccc5ccccc5c4)c4ccccc4-c4cccc5cccc(C6CCCCC6)c45)c3)c21. The van der Waals surface area contributed by atoms with Gasteiger partial charge in [-0.1, -0.05) is 173 Å². The summed E-state index contributed by atoms with van der Waals surface area (Å²) < 4.78 is 0. The highest BCUT2D eigenvalue weighted by Gasteiger charge is 2.37. The van der Waals surface area contributed by atoms with Gasteiger partial charge in [0.25, 0.3) is 0 Å². The molecule has 1 nitrogen and oxygen atoms in total. The second-order valence-electron chi connectivity index (χ2n) is 15.9. The summed E-state index contributed by atoms with van der Waals surface area (Å²) in [6, 6.07) is 63.6. The van der Waals surface area contributed by atoms with Crippen LogP contribution in [0, 0.1) is 0 Å². The van der Waals surface area contributed by atoms with E-state index in [-0.39, 0.29) is 5.41 Å². The highest BCUT2D eigenvalue weighted by Crippen LogP contribution is 2.53. The molecule has 0 radical (unpaired) electrons. The normalized spacial score (nSPS) is 14.9. The second kappa shape index (κ2) is 13.2. The van der Waals surface area contributed by atoms with Gasteiger partial charge in [-0.3, -0.25) is 0 Å². The topological polar surface area (TPSA) is 3.24 Å². The van der Waals surface area contributed by atoms with Crippen molar-refractivity contribution >= 4 is 38.6 Å². The van der Waals surface area contributed by atoms with Crippen LogP contribution in [0.5, 0.6) is 0 Å². The third-order valence-electron chi connectivity index (χ3n) is 12.4. The Labute approximate surface area is 319 Å². The first-order chi connectivity index (χ1) is 26.6. The van der Waals surface area contributed by atoms with E-state index in [0.29, 0.717) is 5.92 Å². The predicted molar refractivity (Wildman–Crippen MR) is 230 cm³/mol. The summed E-state index contributed by atoms with van der Waals surface area (Å²) in [5, 5.41) is 5.22. The zero-order chi connectivity index (χ0) is 36.2. The first kappa shape index (κ1) is 32.7. The van der Waals surface area contributed by atoms with Gasteiger partial charge in [0.2, 0.25) is 0 Å². The molecule has 10 rings (SSSR count). The van der Waals surface area contributed by atoms with Crippen molar-refractivity contribution in [3.8, 4) is 33.4 Å². The van der Waals surface area contributed by atoms with E-state index in [2.05, 4.69) is 189 Å². The molecule has 54 heavy (non-hydrogen) atoms. The third-order valence-corrected chi connectivity index (χ3v) is 12.4. The van der Waals surface area contributed by atoms with Gasteiger partial charge in [0, 0.05) is 22.4 Å². The molecule has 8 aromatic rings. The van der Waals surface area contributed by atoms with Crippen molar-refractivity contribution in [1.82, 2.24) is 0 Å². The standard InChI is InChI=1S/C53H45N/c1-53(2)49-30-10-8-24-45(49)48-29-15-27-44(52(48)53)40-22-12-23-41(35-40)54(42-33-32-36-16-6-7-19-39(36)34-42)50-31-11-9-25-46(50)47-28-14-21-38-20-13-26-43(51(38)47)37-17-4-3-5-18-37/h6-16,19-35,37H,3-5,17-18H2,1-2H3. The minimum absolute atomic E-state index is 0.104. The Bertz CT molecular complexity index is 2690. The number of anilines is 3. The van der Waals surface area contributed by atoms with E-state index >= 15 is 0 Å². The average molecular weight is 696 g/mol. The molecule has 0 saturated heterocycles. The summed E-state index contributed by atoms with van der Waals surface area (Å²) in [4.78, 5) is 2.50. The number of benzene rings is 8. The van der Waals surface area contributed by atoms with Crippen molar-refractivity contribution in [2.24, 2.45) is 0 Å². The third kappa shape index (κ3) is 5.37. The molecule has 0 unspecified atom stereocenters. The van der Waals surface area contributed by atoms with Gasteiger partial charge in [0.15, 0.2) is 0 Å². The molecule has 262 valence electrons. The van der Waals surface area contributed by atoms with Crippen LogP contribution < -0.4 is 4.90 Å². The summed E-state index contributed by atoms with van der Waals surface area (Å²) in [6.07, 6.45) is 6.54. The van der Waals surface area contributed by atoms with Gasteiger partial charge < -0.3 is 4.90 Å². The Morgan fingerprint density at radius 3 is 1.96 bits per heavy atom. The van der Waals surface area contributed by atoms with Gasteiger partial charge in [-0.2, -0.15) is 0 Å². The summed E-state index contributed by atoms with van der Waals surface area (Å²) in [5.41, 5.74) is 15.5. The van der Waals surface area contributed by atoms with Crippen LogP contribution in [0.3, 0.4) is 0 Å². The van der Waals surface area contributed by atoms with Gasteiger partial charge in [0.05, 0.1) is 5.69 Å². The second-order valence-corrected chi connectivity index (χ2v) is 15.9. The van der Waals surface area contributed by atoms with E-state index in [9.17, 15) is 0 Å². The van der Waals surface area contributed by atoms with Crippen LogP contribution in [0.1, 0.15) is 68.6 Å². The first-order valence-electron chi connectivity index (χ1n) is 19.8. The lowest BCUT2D eigenvalue weighted by Gasteiger charge is -2.30. The number of nitrogens with zero attached hydrogens (tertiary/aromatic N) is 1. The van der Waals surface area contributed by atoms with Crippen LogP contribution in [0.4, 0.5) is 17.1 Å². The van der Waals surface area contributed by atoms with Crippen molar-refractivity contribution in [3.63, 3.8) is 0 Å². The fraction of sp³-hybridized carbons (Fsp3) is 0.170. The Hall–Kier alpha value is -5.92. The molecule has 1 saturated carbocycles. The Kier molecular flexibility index (Phi) is 7.99. The van der Waals surface area contributed by atoms with Crippen molar-refractivity contribution in [2.45, 2.75) is 57.3 Å². The maximum Gasteiger partial charge on any atom is 0.0540 e. The lowest BCUT2D eigenvalue weighted by molar-refractivity contribution is 0.445. The average Bonchev–Trinajstić information content (AvgIpc) is 3.47. The lowest BCUT2D eigenvalue weighted by Crippen LogP contribution is -2.16. The smallest absolute Gasteiger partial charge is 0.0540 e. The highest BCUT2D eigenvalue weighted by atomic mass is 15.1. The van der Waals surface area contributed by atoms with Crippen LogP contribution in [0.2, 0.25) is 0 Å². The summed E-state index contributed by atoms with van der Waals surface area (Å²) in [7, 11) is 0. The molecule has 0 N–H and O–H groups in total. The number of hydrogen-bond donors (Lipinski definition) is 0. The van der Waals surface area contributed by atoms with E-state index in [1.807, 2.05) is 0 Å². The van der Waals surface area contributed by atoms with E-state index in [1.165, 1.54) is 109 Å². The lowest BCUT2D eigenvalue weighted by atomic mass is 9.79. The maximum absolute atomic E-state index is 2.50. The quantitative estimate of drug-likeness (QED) is 0.167. The molecule has 0 aromatic heterocycles. The van der Waals surface area contributed by atoms with Crippen LogP contribution in [-0.4, -0.2) is 0 Å². The Balaban J connectivity index is 1.19. The van der Waals surface area contributed by atoms with Crippen molar-refractivity contribution in [3.05, 3.63) is 187 Å². The van der Waals surface area contributed by atoms with Crippen LogP contribution in [0.25, 0.3) is 54.9 Å². The largest absolute Gasteiger partial charge is 0.310 e. The maximum atomic E-state index is 2.50. The zero-order valence-corrected chi connectivity index (χ0v) is 31.2. The number of rotatable bonds is 6. The minimum Gasteiger partial charge on any atom is -0.310 e. The van der Waals surface area contributed by atoms with Gasteiger partial charge in [0.1, 0.15) is 0 Å². The molecule has 0 atom stereocenters. The van der Waals surface area contributed by atoms with E-state index in [1.54, 1.807) is 0 Å². The summed E-state index contributed by atoms with van der Waals surface area (Å²) in [5.74, 6) is 0.604. The fourth-order valence-electron chi connectivity index (χ4n) is 9.89. The molecule has 0 spiro atoms. The van der Waals surface area contributed by atoms with Gasteiger partial charge in [-0.05, 0) is 115 Å². The van der Waals surface area contributed by atoms with Crippen molar-refractivity contribution in [2.75, 3.05) is 4.90 Å². The molecule has 8 aromatic carbocycles. The van der Waals surface area contributed by atoms with Gasteiger partial charge >= 0.3 is 0 Å². The van der Waals surface area contributed by atoms with Crippen LogP contribution in [0.15, 0.2) is 170 Å². The highest BCUT2D eigenvalue weighted by molar-refractivity contribution is 6.04.